The van der Waals surface area contributed by atoms with Crippen LogP contribution in [0.1, 0.15) is 30.9 Å². The van der Waals surface area contributed by atoms with E-state index in [4.69, 9.17) is 27.9 Å². The van der Waals surface area contributed by atoms with Gasteiger partial charge in [0.25, 0.3) is 0 Å². The lowest BCUT2D eigenvalue weighted by atomic mass is 10.1. The monoisotopic (exact) mass is 317 g/mol. The number of nitrogens with one attached hydrogen (secondary N) is 1. The van der Waals surface area contributed by atoms with Gasteiger partial charge in [0.05, 0.1) is 18.6 Å². The standard InChI is InChI=1S/C14H17Cl2NO3/c15-9-3-4-11(12(16)6-9)13(18)8-17-14(19)7-10-2-1-5-20-10/h3-4,6,10,13,18H,1-2,5,7-8H2,(H,17,19). The maximum Gasteiger partial charge on any atom is 0.222 e. The van der Waals surface area contributed by atoms with Gasteiger partial charge in [-0.3, -0.25) is 4.79 Å². The molecule has 1 fully saturated rings. The Morgan fingerprint density at radius 3 is 2.95 bits per heavy atom. The number of benzene rings is 1. The molecule has 0 bridgehead atoms. The first-order valence-electron chi connectivity index (χ1n) is 6.57. The van der Waals surface area contributed by atoms with Crippen molar-refractivity contribution in [2.75, 3.05) is 13.2 Å². The van der Waals surface area contributed by atoms with Crippen molar-refractivity contribution in [2.24, 2.45) is 0 Å². The third kappa shape index (κ3) is 4.35. The molecule has 4 nitrogen and oxygen atoms in total. The van der Waals surface area contributed by atoms with Gasteiger partial charge in [0.2, 0.25) is 5.91 Å². The molecule has 1 aromatic rings. The van der Waals surface area contributed by atoms with Crippen molar-refractivity contribution >= 4 is 29.1 Å². The second-order valence-corrected chi connectivity index (χ2v) is 5.67. The molecule has 2 unspecified atom stereocenters. The molecular weight excluding hydrogens is 301 g/mol. The number of aliphatic hydroxyl groups excluding tert-OH is 1. The van der Waals surface area contributed by atoms with E-state index in [1.54, 1.807) is 18.2 Å². The van der Waals surface area contributed by atoms with Gasteiger partial charge in [-0.2, -0.15) is 0 Å². The largest absolute Gasteiger partial charge is 0.387 e. The zero-order valence-corrected chi connectivity index (χ0v) is 12.5. The molecule has 1 aromatic carbocycles. The van der Waals surface area contributed by atoms with E-state index < -0.39 is 6.10 Å². The van der Waals surface area contributed by atoms with E-state index in [0.29, 0.717) is 22.0 Å². The molecule has 2 atom stereocenters. The molecule has 2 rings (SSSR count). The molecule has 1 aliphatic rings. The first-order valence-corrected chi connectivity index (χ1v) is 7.33. The summed E-state index contributed by atoms with van der Waals surface area (Å²) >= 11 is 11.8. The molecule has 2 N–H and O–H groups in total. The van der Waals surface area contributed by atoms with Crippen molar-refractivity contribution in [2.45, 2.75) is 31.5 Å². The van der Waals surface area contributed by atoms with Crippen LogP contribution in [-0.4, -0.2) is 30.3 Å². The minimum Gasteiger partial charge on any atom is -0.387 e. The van der Waals surface area contributed by atoms with E-state index in [-0.39, 0.29) is 18.6 Å². The van der Waals surface area contributed by atoms with Crippen LogP contribution in [0.15, 0.2) is 18.2 Å². The molecule has 1 heterocycles. The van der Waals surface area contributed by atoms with Crippen LogP contribution >= 0.6 is 23.2 Å². The fraction of sp³-hybridized carbons (Fsp3) is 0.500. The Hall–Kier alpha value is -0.810. The number of carbonyl (C=O) groups excluding carboxylic acids is 1. The lowest BCUT2D eigenvalue weighted by molar-refractivity contribution is -0.123. The highest BCUT2D eigenvalue weighted by Gasteiger charge is 2.20. The summed E-state index contributed by atoms with van der Waals surface area (Å²) in [4.78, 5) is 11.7. The normalized spacial score (nSPS) is 19.9. The highest BCUT2D eigenvalue weighted by Crippen LogP contribution is 2.26. The van der Waals surface area contributed by atoms with Crippen LogP contribution in [0.3, 0.4) is 0 Å². The second kappa shape index (κ2) is 7.27. The first kappa shape index (κ1) is 15.6. The molecule has 110 valence electrons. The maximum atomic E-state index is 11.7. The van der Waals surface area contributed by atoms with E-state index in [2.05, 4.69) is 5.32 Å². The summed E-state index contributed by atoms with van der Waals surface area (Å²) in [6, 6.07) is 4.87. The lowest BCUT2D eigenvalue weighted by Crippen LogP contribution is -2.31. The molecule has 0 aromatic heterocycles. The Bertz CT molecular complexity index is 475. The fourth-order valence-corrected chi connectivity index (χ4v) is 2.71. The average molecular weight is 318 g/mol. The molecule has 0 aliphatic carbocycles. The molecule has 1 saturated heterocycles. The number of hydrogen-bond acceptors (Lipinski definition) is 3. The van der Waals surface area contributed by atoms with Gasteiger partial charge < -0.3 is 15.2 Å². The summed E-state index contributed by atoms with van der Waals surface area (Å²) in [7, 11) is 0. The summed E-state index contributed by atoms with van der Waals surface area (Å²) in [5, 5.41) is 13.6. The molecule has 6 heteroatoms. The molecule has 20 heavy (non-hydrogen) atoms. The number of carbonyl (C=O) groups is 1. The number of rotatable bonds is 5. The van der Waals surface area contributed by atoms with E-state index in [9.17, 15) is 9.90 Å². The molecule has 0 spiro atoms. The third-order valence-electron chi connectivity index (χ3n) is 3.25. The Morgan fingerprint density at radius 1 is 1.50 bits per heavy atom. The van der Waals surface area contributed by atoms with Gasteiger partial charge >= 0.3 is 0 Å². The highest BCUT2D eigenvalue weighted by atomic mass is 35.5. The average Bonchev–Trinajstić information content (AvgIpc) is 2.89. The molecule has 0 radical (unpaired) electrons. The van der Waals surface area contributed by atoms with Crippen LogP contribution in [0.5, 0.6) is 0 Å². The summed E-state index contributed by atoms with van der Waals surface area (Å²) in [5.41, 5.74) is 0.550. The first-order chi connectivity index (χ1) is 9.56. The predicted octanol–water partition coefficient (Wildman–Crippen LogP) is 2.71. The zero-order chi connectivity index (χ0) is 14.5. The van der Waals surface area contributed by atoms with Crippen LogP contribution in [0.25, 0.3) is 0 Å². The number of ether oxygens (including phenoxy) is 1. The van der Waals surface area contributed by atoms with Crippen LogP contribution < -0.4 is 5.32 Å². The smallest absolute Gasteiger partial charge is 0.222 e. The van der Waals surface area contributed by atoms with Crippen LogP contribution in [0, 0.1) is 0 Å². The number of halogens is 2. The van der Waals surface area contributed by atoms with Crippen LogP contribution in [-0.2, 0) is 9.53 Å². The number of hydrogen-bond donors (Lipinski definition) is 2. The van der Waals surface area contributed by atoms with Gasteiger partial charge in [-0.1, -0.05) is 29.3 Å². The summed E-state index contributed by atoms with van der Waals surface area (Å²) in [5.74, 6) is -0.124. The Labute approximate surface area is 128 Å². The van der Waals surface area contributed by atoms with Gasteiger partial charge in [0.15, 0.2) is 0 Å². The van der Waals surface area contributed by atoms with Gasteiger partial charge in [-0.15, -0.1) is 0 Å². The molecular formula is C14H17Cl2NO3. The van der Waals surface area contributed by atoms with E-state index >= 15 is 0 Å². The Balaban J connectivity index is 1.81. The predicted molar refractivity (Wildman–Crippen MR) is 78.0 cm³/mol. The minimum absolute atomic E-state index is 0.00580. The van der Waals surface area contributed by atoms with Crippen molar-refractivity contribution in [1.82, 2.24) is 5.32 Å². The molecule has 0 saturated carbocycles. The van der Waals surface area contributed by atoms with Gasteiger partial charge in [0, 0.05) is 28.8 Å². The van der Waals surface area contributed by atoms with Gasteiger partial charge in [0.1, 0.15) is 0 Å². The van der Waals surface area contributed by atoms with Crippen molar-refractivity contribution < 1.29 is 14.6 Å². The fourth-order valence-electron chi connectivity index (χ4n) is 2.18. The third-order valence-corrected chi connectivity index (χ3v) is 3.81. The molecule has 1 aliphatic heterocycles. The number of amides is 1. The van der Waals surface area contributed by atoms with Crippen molar-refractivity contribution in [3.63, 3.8) is 0 Å². The Morgan fingerprint density at radius 2 is 2.30 bits per heavy atom. The van der Waals surface area contributed by atoms with Crippen molar-refractivity contribution in [1.29, 1.82) is 0 Å². The van der Waals surface area contributed by atoms with E-state index in [1.165, 1.54) is 0 Å². The summed E-state index contributed by atoms with van der Waals surface area (Å²) in [6.45, 7) is 0.841. The van der Waals surface area contributed by atoms with Gasteiger partial charge in [-0.05, 0) is 25.0 Å². The number of aliphatic hydroxyl groups is 1. The highest BCUT2D eigenvalue weighted by molar-refractivity contribution is 6.35. The topological polar surface area (TPSA) is 58.6 Å². The van der Waals surface area contributed by atoms with Gasteiger partial charge in [-0.25, -0.2) is 0 Å². The summed E-state index contributed by atoms with van der Waals surface area (Å²) in [6.07, 6.45) is 1.40. The Kier molecular flexibility index (Phi) is 5.66. The van der Waals surface area contributed by atoms with Crippen molar-refractivity contribution in [3.05, 3.63) is 33.8 Å². The van der Waals surface area contributed by atoms with Crippen LogP contribution in [0.2, 0.25) is 10.0 Å². The summed E-state index contributed by atoms with van der Waals surface area (Å²) < 4.78 is 5.39. The van der Waals surface area contributed by atoms with Crippen LogP contribution in [0.4, 0.5) is 0 Å². The lowest BCUT2D eigenvalue weighted by Gasteiger charge is -2.15. The van der Waals surface area contributed by atoms with Crippen molar-refractivity contribution in [3.8, 4) is 0 Å². The zero-order valence-electron chi connectivity index (χ0n) is 10.9. The second-order valence-electron chi connectivity index (χ2n) is 4.82. The van der Waals surface area contributed by atoms with E-state index in [0.717, 1.165) is 19.4 Å². The SMILES string of the molecule is O=C(CC1CCCO1)NCC(O)c1ccc(Cl)cc1Cl. The maximum absolute atomic E-state index is 11.7. The quantitative estimate of drug-likeness (QED) is 0.877. The minimum atomic E-state index is -0.854. The molecule has 1 amide bonds. The van der Waals surface area contributed by atoms with E-state index in [1.807, 2.05) is 0 Å².